The number of carbonyl (C=O) groups excluding carboxylic acids is 2. The number of aryl methyl sites for hydroxylation is 3. The first-order valence-corrected chi connectivity index (χ1v) is 15.8. The minimum Gasteiger partial charge on any atom is -0.469 e. The van der Waals surface area contributed by atoms with Crippen molar-refractivity contribution in [3.63, 3.8) is 0 Å². The summed E-state index contributed by atoms with van der Waals surface area (Å²) in [5.41, 5.74) is 14.8. The number of H-pyrrole nitrogens is 2. The first-order valence-electron chi connectivity index (χ1n) is 15.8. The highest BCUT2D eigenvalue weighted by atomic mass is 16.5. The lowest BCUT2D eigenvalue weighted by Crippen LogP contribution is -2.09. The number of nitrogens with one attached hydrogen (secondary N) is 2. The smallest absolute Gasteiger partial charge is 0.305 e. The van der Waals surface area contributed by atoms with Crippen LogP contribution in [0.2, 0.25) is 0 Å². The van der Waals surface area contributed by atoms with E-state index in [4.69, 9.17) is 14.7 Å². The molecule has 1 unspecified atom stereocenters. The topological polar surface area (TPSA) is 121 Å². The van der Waals surface area contributed by atoms with E-state index in [2.05, 4.69) is 50.7 Å². The summed E-state index contributed by atoms with van der Waals surface area (Å²) < 4.78 is 4.99. The van der Waals surface area contributed by atoms with Gasteiger partial charge < -0.3 is 19.8 Å². The number of esters is 1. The van der Waals surface area contributed by atoms with E-state index in [0.717, 1.165) is 95.8 Å². The number of ketones is 1. The maximum atomic E-state index is 13.7. The zero-order valence-corrected chi connectivity index (χ0v) is 27.0. The van der Waals surface area contributed by atoms with E-state index in [-0.39, 0.29) is 36.4 Å². The van der Waals surface area contributed by atoms with Gasteiger partial charge in [-0.25, -0.2) is 4.98 Å². The van der Waals surface area contributed by atoms with Crippen molar-refractivity contribution in [2.24, 2.45) is 0 Å². The number of aliphatic hydroxyl groups excluding tert-OH is 1. The Hall–Kier alpha value is -4.04. The first kappa shape index (κ1) is 30.0. The van der Waals surface area contributed by atoms with Gasteiger partial charge in [-0.15, -0.1) is 0 Å². The number of rotatable bonds is 6. The number of hydrogen-bond acceptors (Lipinski definition) is 6. The number of allylic oxidation sites excluding steroid dienone is 2. The van der Waals surface area contributed by atoms with Crippen LogP contribution < -0.4 is 0 Å². The monoisotopic (exact) mass is 594 g/mol. The average molecular weight is 595 g/mol. The summed E-state index contributed by atoms with van der Waals surface area (Å²) in [5, 5.41) is 10.9. The Morgan fingerprint density at radius 1 is 1.02 bits per heavy atom. The summed E-state index contributed by atoms with van der Waals surface area (Å²) in [7, 11) is 1.41. The molecule has 8 nitrogen and oxygen atoms in total. The van der Waals surface area contributed by atoms with Crippen molar-refractivity contribution >= 4 is 45.0 Å². The molecular formula is C36H42N4O4. The Bertz CT molecular complexity index is 1920. The van der Waals surface area contributed by atoms with E-state index >= 15 is 0 Å². The molecule has 0 saturated heterocycles. The van der Waals surface area contributed by atoms with E-state index in [1.807, 2.05) is 13.0 Å². The zero-order valence-electron chi connectivity index (χ0n) is 27.0. The molecule has 0 radical (unpaired) electrons. The molecule has 0 spiro atoms. The van der Waals surface area contributed by atoms with Crippen molar-refractivity contribution in [2.75, 3.05) is 7.11 Å². The number of aliphatic hydroxyl groups is 1. The van der Waals surface area contributed by atoms with Crippen molar-refractivity contribution in [3.05, 3.63) is 68.3 Å². The molecule has 0 saturated carbocycles. The molecule has 0 aromatic carbocycles. The highest BCUT2D eigenvalue weighted by molar-refractivity contribution is 6.13. The maximum Gasteiger partial charge on any atom is 0.305 e. The third-order valence-electron chi connectivity index (χ3n) is 10.0. The Morgan fingerprint density at radius 2 is 1.73 bits per heavy atom. The van der Waals surface area contributed by atoms with Crippen molar-refractivity contribution in [1.82, 2.24) is 19.9 Å². The molecule has 0 amide bonds. The summed E-state index contributed by atoms with van der Waals surface area (Å²) in [6.07, 6.45) is 1.96. The van der Waals surface area contributed by atoms with E-state index in [1.165, 1.54) is 7.11 Å². The molecule has 2 aliphatic heterocycles. The van der Waals surface area contributed by atoms with Gasteiger partial charge in [0.25, 0.3) is 0 Å². The third-order valence-corrected chi connectivity index (χ3v) is 10.0. The SMILES string of the molecule is CCC1=C(C)c2cc3[nH]c(c(C)c4nc(c5c6[nH]c(cc1n2)c(CC)c6C(=O)C5)[C@@H](CCC(=O)OC)[C@@H]4C)c(C)c3C(C)O. The summed E-state index contributed by atoms with van der Waals surface area (Å²) in [4.78, 5) is 43.6. The molecule has 5 heterocycles. The summed E-state index contributed by atoms with van der Waals surface area (Å²) in [6, 6.07) is 4.13. The molecular weight excluding hydrogens is 552 g/mol. The molecule has 3 N–H and O–H groups in total. The summed E-state index contributed by atoms with van der Waals surface area (Å²) in [5.74, 6) is -0.215. The van der Waals surface area contributed by atoms with Crippen LogP contribution in [0.5, 0.6) is 0 Å². The lowest BCUT2D eigenvalue weighted by molar-refractivity contribution is -0.140. The number of carbonyl (C=O) groups is 2. The minimum atomic E-state index is -0.687. The van der Waals surface area contributed by atoms with Gasteiger partial charge in [-0.3, -0.25) is 14.6 Å². The van der Waals surface area contributed by atoms with Crippen LogP contribution >= 0.6 is 0 Å². The Labute approximate surface area is 258 Å². The molecule has 6 rings (SSSR count). The standard InChI is InChI=1S/C36H42N4O4/c1-9-21-16(3)25-14-28-31(20(7)41)18(5)34(39-28)19(6)33-17(4)23(11-12-30(43)44-8)35(40-33)24-13-29(42)32-22(10-2)27(38-36(24)32)15-26(21)37-25/h14-15,17,20,23,38-39,41H,9-13H2,1-8H3/t17-,20?,23-/m0/s1. The lowest BCUT2D eigenvalue weighted by Gasteiger charge is -2.17. The highest BCUT2D eigenvalue weighted by Crippen LogP contribution is 2.46. The van der Waals surface area contributed by atoms with E-state index < -0.39 is 6.10 Å². The van der Waals surface area contributed by atoms with Crippen LogP contribution in [-0.4, -0.2) is 43.9 Å². The molecule has 230 valence electrons. The van der Waals surface area contributed by atoms with Crippen LogP contribution in [0.4, 0.5) is 0 Å². The van der Waals surface area contributed by atoms with Gasteiger partial charge in [0.15, 0.2) is 5.78 Å². The number of fused-ring (bicyclic) bond motifs is 8. The molecule has 0 fully saturated rings. The molecule has 1 aliphatic carbocycles. The highest BCUT2D eigenvalue weighted by Gasteiger charge is 2.37. The van der Waals surface area contributed by atoms with Gasteiger partial charge in [-0.05, 0) is 86.9 Å². The van der Waals surface area contributed by atoms with Crippen molar-refractivity contribution < 1.29 is 19.4 Å². The molecule has 8 heteroatoms. The maximum absolute atomic E-state index is 13.7. The molecule has 3 aliphatic rings. The van der Waals surface area contributed by atoms with Crippen LogP contribution in [0.3, 0.4) is 0 Å². The van der Waals surface area contributed by atoms with Gasteiger partial charge in [0.05, 0.1) is 35.8 Å². The number of aromatic nitrogens is 4. The molecule has 8 bridgehead atoms. The lowest BCUT2D eigenvalue weighted by atomic mass is 9.84. The number of nitrogens with zero attached hydrogens (tertiary/aromatic N) is 2. The number of methoxy groups -OCH3 is 1. The zero-order chi connectivity index (χ0) is 31.6. The second-order valence-corrected chi connectivity index (χ2v) is 12.5. The Morgan fingerprint density at radius 3 is 2.39 bits per heavy atom. The predicted molar refractivity (Wildman–Crippen MR) is 174 cm³/mol. The fourth-order valence-corrected chi connectivity index (χ4v) is 7.75. The fourth-order valence-electron chi connectivity index (χ4n) is 7.75. The molecule has 3 atom stereocenters. The quantitative estimate of drug-likeness (QED) is 0.255. The third kappa shape index (κ3) is 4.53. The molecule has 3 aromatic rings. The van der Waals surface area contributed by atoms with Gasteiger partial charge in [0.2, 0.25) is 0 Å². The number of Topliss-reactive ketones (excluding diaryl/α,β-unsaturated/α-hetero) is 1. The van der Waals surface area contributed by atoms with Gasteiger partial charge >= 0.3 is 5.97 Å². The Balaban J connectivity index is 1.80. The van der Waals surface area contributed by atoms with Crippen LogP contribution in [0.25, 0.3) is 33.2 Å². The van der Waals surface area contributed by atoms with E-state index in [9.17, 15) is 14.7 Å². The van der Waals surface area contributed by atoms with E-state index in [0.29, 0.717) is 12.8 Å². The van der Waals surface area contributed by atoms with Crippen LogP contribution in [-0.2, 0) is 22.4 Å². The second-order valence-electron chi connectivity index (χ2n) is 12.5. The predicted octanol–water partition coefficient (Wildman–Crippen LogP) is 7.47. The number of hydrogen-bond donors (Lipinski definition) is 3. The summed E-state index contributed by atoms with van der Waals surface area (Å²) >= 11 is 0. The Kier molecular flexibility index (Phi) is 7.60. The van der Waals surface area contributed by atoms with Crippen molar-refractivity contribution in [2.45, 2.75) is 98.5 Å². The minimum absolute atomic E-state index is 0.00185. The van der Waals surface area contributed by atoms with Gasteiger partial charge in [0.1, 0.15) is 0 Å². The van der Waals surface area contributed by atoms with Gasteiger partial charge in [0, 0.05) is 63.6 Å². The largest absolute Gasteiger partial charge is 0.469 e. The normalized spacial score (nSPS) is 18.3. The molecule has 44 heavy (non-hydrogen) atoms. The van der Waals surface area contributed by atoms with E-state index in [1.54, 1.807) is 6.92 Å². The van der Waals surface area contributed by atoms with Crippen LogP contribution in [0.1, 0.15) is 133 Å². The summed E-state index contributed by atoms with van der Waals surface area (Å²) in [6.45, 7) is 14.4. The first-order chi connectivity index (χ1) is 21.0. The number of ether oxygens (including phenoxy) is 1. The van der Waals surface area contributed by atoms with Crippen LogP contribution in [0, 0.1) is 13.8 Å². The molecule has 3 aromatic heterocycles. The number of aromatic amines is 2. The fraction of sp³-hybridized carbons (Fsp3) is 0.444. The van der Waals surface area contributed by atoms with Crippen molar-refractivity contribution in [1.29, 1.82) is 0 Å². The van der Waals surface area contributed by atoms with Gasteiger partial charge in [-0.1, -0.05) is 20.8 Å². The van der Waals surface area contributed by atoms with Crippen molar-refractivity contribution in [3.8, 4) is 0 Å². The second kappa shape index (κ2) is 11.1. The van der Waals surface area contributed by atoms with Gasteiger partial charge in [-0.2, -0.15) is 0 Å². The van der Waals surface area contributed by atoms with Crippen LogP contribution in [0.15, 0.2) is 12.1 Å². The average Bonchev–Trinajstić information content (AvgIpc) is 3.75.